The van der Waals surface area contributed by atoms with E-state index in [-0.39, 0.29) is 66.3 Å². The largest absolute Gasteiger partial charge is 0.507 e. The molecule has 0 spiro atoms. The molecule has 2 heterocycles. The minimum Gasteiger partial charge on any atom is -0.507 e. The first-order valence-corrected chi connectivity index (χ1v) is 25.9. The van der Waals surface area contributed by atoms with Gasteiger partial charge in [0.2, 0.25) is 0 Å². The number of nitrogens with zero attached hydrogens (tertiary/aromatic N) is 3. The van der Waals surface area contributed by atoms with Crippen LogP contribution in [0.1, 0.15) is 147 Å². The molecular weight excluding hydrogens is 1090 g/mol. The van der Waals surface area contributed by atoms with Gasteiger partial charge in [0, 0.05) is 50.9 Å². The van der Waals surface area contributed by atoms with Crippen LogP contribution < -0.4 is 0 Å². The number of fused-ring (bicyclic) bond motifs is 1. The Morgan fingerprint density at radius 3 is 1.84 bits per heavy atom. The van der Waals surface area contributed by atoms with Crippen molar-refractivity contribution in [2.24, 2.45) is 5.41 Å². The van der Waals surface area contributed by atoms with Crippen LogP contribution >= 0.6 is 0 Å². The first-order valence-electron chi connectivity index (χ1n) is 29.4. The first-order chi connectivity index (χ1) is 37.4. The normalized spacial score (nSPS) is 14.3. The summed E-state index contributed by atoms with van der Waals surface area (Å²) in [7, 11) is 0. The second-order valence-corrected chi connectivity index (χ2v) is 25.1. The van der Waals surface area contributed by atoms with Crippen molar-refractivity contribution in [2.75, 3.05) is 0 Å². The second-order valence-electron chi connectivity index (χ2n) is 25.1. The SMILES string of the molecule is [2H]c1cc(-c2ccc(C([2H])([2H])C(C)(C)C)cc2C([2H])([2H])[2H])cc([2H])c1-c1ccnc(-c2[c-]c(-c3cccc4c3nc(-c3cc(C(C)(C)C)cc(C(C)(C)C)c3O)n4-c3ccc(C(C)(C)C)cc3-c3ccccc3)cc(C(C)(C)C)c2)c1.[Pt]. The molecule has 0 saturated carbocycles. The number of hydrogen-bond acceptors (Lipinski definition) is 3. The Kier molecular flexibility index (Phi) is 12.5. The van der Waals surface area contributed by atoms with Gasteiger partial charge in [-0.25, -0.2) is 4.98 Å². The molecule has 0 amide bonds. The summed E-state index contributed by atoms with van der Waals surface area (Å²) >= 11 is 0. The maximum atomic E-state index is 12.7. The summed E-state index contributed by atoms with van der Waals surface area (Å²) < 4.78 is 64.1. The maximum Gasteiger partial charge on any atom is 0.148 e. The molecule has 9 aromatic rings. The number of aromatic hydroxyl groups is 1. The Hall–Kier alpha value is -6.35. The Balaban J connectivity index is 0.00000880. The van der Waals surface area contributed by atoms with Gasteiger partial charge >= 0.3 is 0 Å². The van der Waals surface area contributed by atoms with Crippen LogP contribution in [0.15, 0.2) is 152 Å². The third kappa shape index (κ3) is 11.6. The van der Waals surface area contributed by atoms with E-state index < -0.39 is 24.1 Å². The first kappa shape index (κ1) is 46.0. The molecule has 0 saturated heterocycles. The van der Waals surface area contributed by atoms with Gasteiger partial charge in [-0.05, 0) is 121 Å². The smallest absolute Gasteiger partial charge is 0.148 e. The molecule has 2 aromatic heterocycles. The van der Waals surface area contributed by atoms with Crippen LogP contribution in [0.4, 0.5) is 0 Å². The quantitative estimate of drug-likeness (QED) is 0.154. The molecule has 0 radical (unpaired) electrons. The van der Waals surface area contributed by atoms with Gasteiger partial charge in [0.25, 0.3) is 0 Å². The van der Waals surface area contributed by atoms with Gasteiger partial charge < -0.3 is 5.11 Å². The number of aryl methyl sites for hydroxylation is 1. The monoisotopic (exact) mass is 1180 g/mol. The minimum absolute atomic E-state index is 0. The average molecular weight is 1180 g/mol. The number of para-hydroxylation sites is 1. The third-order valence-corrected chi connectivity index (χ3v) is 13.8. The third-order valence-electron chi connectivity index (χ3n) is 13.8. The molecule has 0 aliphatic carbocycles. The standard InChI is InChI=1S/C70H76N3O.Pt/c1-44-35-45(43-66(2,3)4)25-31-55(44)48-28-26-46(27-29-48)49-33-34-71-60(39-49)51-36-50(37-53(38-51)68(8,9)10)56-23-20-24-62-63(56)72-65(58-41-54(69(11,12)13)42-59(64(58)74)70(14,15)16)73(62)61-32-30-52(67(5,6)7)40-57(61)47-21-18-17-19-22-47;/h17-35,37-42,74H,43H2,1-16H3;/q-1;/i1D3,26D,27D,43D2;. The molecule has 0 aliphatic heterocycles. The van der Waals surface area contributed by atoms with Crippen LogP contribution in [0.3, 0.4) is 0 Å². The van der Waals surface area contributed by atoms with Crippen molar-refractivity contribution < 1.29 is 35.8 Å². The molecule has 75 heavy (non-hydrogen) atoms. The Labute approximate surface area is 472 Å². The average Bonchev–Trinajstić information content (AvgIpc) is 3.95. The number of rotatable bonds is 8. The van der Waals surface area contributed by atoms with E-state index in [0.717, 1.165) is 55.7 Å². The van der Waals surface area contributed by atoms with E-state index in [1.54, 1.807) is 57.3 Å². The fraction of sp³-hybridized carbons (Fsp3) is 0.314. The van der Waals surface area contributed by atoms with E-state index in [4.69, 9.17) is 16.8 Å². The topological polar surface area (TPSA) is 50.9 Å². The molecule has 1 N–H and O–H groups in total. The van der Waals surface area contributed by atoms with Crippen molar-refractivity contribution in [1.29, 1.82) is 0 Å². The Morgan fingerprint density at radius 2 is 1.20 bits per heavy atom. The predicted molar refractivity (Wildman–Crippen MR) is 315 cm³/mol. The maximum absolute atomic E-state index is 12.7. The van der Waals surface area contributed by atoms with Gasteiger partial charge in [-0.3, -0.25) is 9.55 Å². The fourth-order valence-electron chi connectivity index (χ4n) is 9.63. The van der Waals surface area contributed by atoms with Crippen LogP contribution in [0.2, 0.25) is 0 Å². The van der Waals surface area contributed by atoms with Crippen LogP contribution in [0, 0.1) is 18.3 Å². The molecular formula is C70H76N3OPt-. The van der Waals surface area contributed by atoms with Crippen molar-refractivity contribution in [3.05, 3.63) is 191 Å². The number of phenolic OH excluding ortho intramolecular Hbond substituents is 1. The summed E-state index contributed by atoms with van der Waals surface area (Å²) in [5, 5.41) is 12.7. The number of benzene rings is 7. The Morgan fingerprint density at radius 1 is 0.560 bits per heavy atom. The molecule has 388 valence electrons. The van der Waals surface area contributed by atoms with Crippen molar-refractivity contribution in [3.8, 4) is 78.6 Å². The zero-order valence-electron chi connectivity index (χ0n) is 53.4. The molecule has 0 fully saturated rings. The van der Waals surface area contributed by atoms with E-state index in [0.29, 0.717) is 44.9 Å². The molecule has 0 aliphatic rings. The summed E-state index contributed by atoms with van der Waals surface area (Å²) in [6, 6.07) is 47.2. The van der Waals surface area contributed by atoms with E-state index in [2.05, 4.69) is 179 Å². The number of aromatic nitrogens is 3. The number of pyridine rings is 1. The van der Waals surface area contributed by atoms with Gasteiger partial charge in [0.15, 0.2) is 0 Å². The van der Waals surface area contributed by atoms with Crippen LogP contribution in [-0.4, -0.2) is 19.6 Å². The van der Waals surface area contributed by atoms with Crippen molar-refractivity contribution in [2.45, 2.75) is 139 Å². The van der Waals surface area contributed by atoms with Crippen LogP contribution in [-0.2, 0) is 49.1 Å². The van der Waals surface area contributed by atoms with E-state index >= 15 is 0 Å². The summed E-state index contributed by atoms with van der Waals surface area (Å²) in [6.07, 6.45) is -0.148. The van der Waals surface area contributed by atoms with Gasteiger partial charge in [-0.15, -0.1) is 29.3 Å². The molecule has 5 heteroatoms. The van der Waals surface area contributed by atoms with Gasteiger partial charge in [-0.2, -0.15) is 0 Å². The Bertz CT molecular complexity index is 3870. The molecule has 0 unspecified atom stereocenters. The summed E-state index contributed by atoms with van der Waals surface area (Å²) in [6.45, 7) is 28.9. The van der Waals surface area contributed by atoms with Crippen molar-refractivity contribution in [3.63, 3.8) is 0 Å². The van der Waals surface area contributed by atoms with E-state index in [9.17, 15) is 7.85 Å². The van der Waals surface area contributed by atoms with Crippen molar-refractivity contribution >= 4 is 11.0 Å². The van der Waals surface area contributed by atoms with E-state index in [1.807, 2.05) is 12.1 Å². The summed E-state index contributed by atoms with van der Waals surface area (Å²) in [5.41, 5.74) is 12.2. The number of imidazole rings is 1. The van der Waals surface area contributed by atoms with Gasteiger partial charge in [-0.1, -0.05) is 218 Å². The number of hydrogen-bond donors (Lipinski definition) is 1. The van der Waals surface area contributed by atoms with Crippen LogP contribution in [0.25, 0.3) is 83.9 Å². The van der Waals surface area contributed by atoms with Crippen LogP contribution in [0.5, 0.6) is 5.75 Å². The second kappa shape index (κ2) is 20.3. The predicted octanol–water partition coefficient (Wildman–Crippen LogP) is 19.0. The molecule has 7 aromatic carbocycles. The minimum atomic E-state index is -2.59. The molecule has 9 rings (SSSR count). The van der Waals surface area contributed by atoms with Gasteiger partial charge in [0.1, 0.15) is 11.6 Å². The van der Waals surface area contributed by atoms with Gasteiger partial charge in [0.05, 0.1) is 25.0 Å². The summed E-state index contributed by atoms with van der Waals surface area (Å²) in [4.78, 5) is 10.6. The summed E-state index contributed by atoms with van der Waals surface area (Å²) in [5.74, 6) is 0.792. The van der Waals surface area contributed by atoms with E-state index in [1.165, 1.54) is 11.6 Å². The molecule has 4 nitrogen and oxygen atoms in total. The number of phenols is 1. The van der Waals surface area contributed by atoms with Crippen molar-refractivity contribution in [1.82, 2.24) is 14.5 Å². The fourth-order valence-corrected chi connectivity index (χ4v) is 9.63. The zero-order chi connectivity index (χ0) is 59.3. The molecule has 0 bridgehead atoms. The zero-order valence-corrected chi connectivity index (χ0v) is 48.7. The molecule has 0 atom stereocenters.